The summed E-state index contributed by atoms with van der Waals surface area (Å²) in [4.78, 5) is 28.5. The fraction of sp³-hybridized carbons (Fsp3) is 0. The minimum atomic E-state index is -0.297. The van der Waals surface area contributed by atoms with E-state index in [1.807, 2.05) is 24.3 Å². The van der Waals surface area contributed by atoms with E-state index in [2.05, 4.69) is 31.5 Å². The van der Waals surface area contributed by atoms with Gasteiger partial charge in [0.2, 0.25) is 5.91 Å². The molecule has 2 N–H and O–H groups in total. The highest BCUT2D eigenvalue weighted by molar-refractivity contribution is 9.10. The molecule has 1 aromatic heterocycles. The Kier molecular flexibility index (Phi) is 6.12. The first-order chi connectivity index (χ1) is 13.1. The van der Waals surface area contributed by atoms with Crippen molar-refractivity contribution < 1.29 is 9.59 Å². The van der Waals surface area contributed by atoms with Crippen LogP contribution in [0.2, 0.25) is 0 Å². The molecule has 6 heteroatoms. The second kappa shape index (κ2) is 8.91. The number of carbonyl (C=O) groups excluding carboxylic acids is 2. The highest BCUT2D eigenvalue weighted by atomic mass is 79.9. The van der Waals surface area contributed by atoms with Crippen LogP contribution >= 0.6 is 15.9 Å². The van der Waals surface area contributed by atoms with E-state index in [4.69, 9.17) is 0 Å². The van der Waals surface area contributed by atoms with Crippen molar-refractivity contribution in [2.45, 2.75) is 0 Å². The summed E-state index contributed by atoms with van der Waals surface area (Å²) < 4.78 is 0.938. The molecule has 5 nitrogen and oxygen atoms in total. The lowest BCUT2D eigenvalue weighted by Crippen LogP contribution is -2.15. The molecule has 0 radical (unpaired) electrons. The summed E-state index contributed by atoms with van der Waals surface area (Å²) in [7, 11) is 0. The van der Waals surface area contributed by atoms with Crippen LogP contribution in [-0.2, 0) is 4.79 Å². The summed E-state index contributed by atoms with van der Waals surface area (Å²) in [5.74, 6) is -0.590. The third kappa shape index (κ3) is 5.36. The number of nitrogens with one attached hydrogen (secondary N) is 2. The molecule has 0 aliphatic rings. The molecular weight excluding hydrogens is 406 g/mol. The van der Waals surface area contributed by atoms with Crippen molar-refractivity contribution in [1.82, 2.24) is 4.98 Å². The van der Waals surface area contributed by atoms with Crippen LogP contribution in [0.1, 0.15) is 15.9 Å². The summed E-state index contributed by atoms with van der Waals surface area (Å²) in [6, 6.07) is 18.0. The lowest BCUT2D eigenvalue weighted by molar-refractivity contribution is -0.111. The first-order valence-electron chi connectivity index (χ1n) is 8.17. The maximum Gasteiger partial charge on any atom is 0.257 e. The Labute approximate surface area is 165 Å². The molecule has 134 valence electrons. The van der Waals surface area contributed by atoms with Gasteiger partial charge in [-0.1, -0.05) is 40.2 Å². The second-order valence-corrected chi connectivity index (χ2v) is 6.53. The number of anilines is 2. The molecule has 0 aliphatic carbocycles. The number of para-hydroxylation sites is 2. The van der Waals surface area contributed by atoms with E-state index >= 15 is 0 Å². The van der Waals surface area contributed by atoms with E-state index in [-0.39, 0.29) is 11.8 Å². The molecule has 2 amide bonds. The molecule has 27 heavy (non-hydrogen) atoms. The topological polar surface area (TPSA) is 71.1 Å². The zero-order chi connectivity index (χ0) is 19.1. The third-order valence-electron chi connectivity index (χ3n) is 3.63. The molecule has 0 atom stereocenters. The fourth-order valence-electron chi connectivity index (χ4n) is 2.35. The Hall–Kier alpha value is -3.25. The van der Waals surface area contributed by atoms with Gasteiger partial charge in [-0.3, -0.25) is 14.6 Å². The van der Waals surface area contributed by atoms with Crippen molar-refractivity contribution in [2.24, 2.45) is 0 Å². The average Bonchev–Trinajstić information content (AvgIpc) is 2.69. The maximum absolute atomic E-state index is 12.3. The summed E-state index contributed by atoms with van der Waals surface area (Å²) in [6.07, 6.45) is 6.25. The standard InChI is InChI=1S/C21H16BrN3O2/c22-17-7-3-5-15(13-17)10-11-20(26)24-18-8-1-2-9-19(18)25-21(27)16-6-4-12-23-14-16/h1-14H,(H,24,26)(H,25,27)/b11-10+. The van der Waals surface area contributed by atoms with Crippen LogP contribution in [-0.4, -0.2) is 16.8 Å². The zero-order valence-corrected chi connectivity index (χ0v) is 15.8. The van der Waals surface area contributed by atoms with Crippen LogP contribution in [0.5, 0.6) is 0 Å². The Balaban J connectivity index is 1.70. The number of benzene rings is 2. The van der Waals surface area contributed by atoms with Gasteiger partial charge >= 0.3 is 0 Å². The Bertz CT molecular complexity index is 987. The molecule has 1 heterocycles. The van der Waals surface area contributed by atoms with E-state index in [0.29, 0.717) is 16.9 Å². The number of aromatic nitrogens is 1. The van der Waals surface area contributed by atoms with E-state index in [1.165, 1.54) is 12.3 Å². The monoisotopic (exact) mass is 421 g/mol. The van der Waals surface area contributed by atoms with Crippen LogP contribution in [0.25, 0.3) is 6.08 Å². The predicted octanol–water partition coefficient (Wildman–Crippen LogP) is 4.75. The minimum absolute atomic E-state index is 0.293. The largest absolute Gasteiger partial charge is 0.321 e. The number of hydrogen-bond donors (Lipinski definition) is 2. The number of carbonyl (C=O) groups is 2. The van der Waals surface area contributed by atoms with Gasteiger partial charge in [-0.2, -0.15) is 0 Å². The van der Waals surface area contributed by atoms with E-state index < -0.39 is 0 Å². The highest BCUT2D eigenvalue weighted by Crippen LogP contribution is 2.22. The number of rotatable bonds is 5. The molecule has 2 aromatic carbocycles. The Morgan fingerprint density at radius 1 is 0.926 bits per heavy atom. The van der Waals surface area contributed by atoms with Crippen molar-refractivity contribution in [1.29, 1.82) is 0 Å². The third-order valence-corrected chi connectivity index (χ3v) is 4.13. The van der Waals surface area contributed by atoms with Crippen molar-refractivity contribution in [3.63, 3.8) is 0 Å². The summed E-state index contributed by atoms with van der Waals surface area (Å²) in [6.45, 7) is 0. The lowest BCUT2D eigenvalue weighted by atomic mass is 10.2. The van der Waals surface area contributed by atoms with Gasteiger partial charge in [-0.15, -0.1) is 0 Å². The van der Waals surface area contributed by atoms with Crippen molar-refractivity contribution in [3.8, 4) is 0 Å². The fourth-order valence-corrected chi connectivity index (χ4v) is 2.77. The van der Waals surface area contributed by atoms with Crippen molar-refractivity contribution in [3.05, 3.63) is 94.7 Å². The second-order valence-electron chi connectivity index (χ2n) is 5.62. The molecule has 0 fully saturated rings. The van der Waals surface area contributed by atoms with Gasteiger partial charge in [0.15, 0.2) is 0 Å². The van der Waals surface area contributed by atoms with Crippen LogP contribution in [0.15, 0.2) is 83.6 Å². The van der Waals surface area contributed by atoms with Gasteiger partial charge < -0.3 is 10.6 Å². The molecule has 3 aromatic rings. The number of pyridine rings is 1. The lowest BCUT2D eigenvalue weighted by Gasteiger charge is -2.11. The van der Waals surface area contributed by atoms with Crippen LogP contribution in [0.3, 0.4) is 0 Å². The van der Waals surface area contributed by atoms with Gasteiger partial charge in [0.05, 0.1) is 16.9 Å². The summed E-state index contributed by atoms with van der Waals surface area (Å²) in [5.41, 5.74) is 2.36. The Morgan fingerprint density at radius 3 is 2.41 bits per heavy atom. The van der Waals surface area contributed by atoms with Crippen molar-refractivity contribution >= 4 is 45.2 Å². The summed E-state index contributed by atoms with van der Waals surface area (Å²) >= 11 is 3.40. The number of amides is 2. The Morgan fingerprint density at radius 2 is 1.70 bits per heavy atom. The van der Waals surface area contributed by atoms with Crippen LogP contribution in [0, 0.1) is 0 Å². The molecule has 0 unspecified atom stereocenters. The summed E-state index contributed by atoms with van der Waals surface area (Å²) in [5, 5.41) is 5.57. The number of nitrogens with zero attached hydrogens (tertiary/aromatic N) is 1. The van der Waals surface area contributed by atoms with Gasteiger partial charge in [0.25, 0.3) is 5.91 Å². The first-order valence-corrected chi connectivity index (χ1v) is 8.96. The normalized spacial score (nSPS) is 10.6. The van der Waals surface area contributed by atoms with Crippen LogP contribution in [0.4, 0.5) is 11.4 Å². The van der Waals surface area contributed by atoms with E-state index in [0.717, 1.165) is 10.0 Å². The molecule has 0 aliphatic heterocycles. The van der Waals surface area contributed by atoms with Gasteiger partial charge in [0.1, 0.15) is 0 Å². The number of halogens is 1. The molecule has 3 rings (SSSR count). The molecule has 0 bridgehead atoms. The smallest absolute Gasteiger partial charge is 0.257 e. The number of hydrogen-bond acceptors (Lipinski definition) is 3. The average molecular weight is 422 g/mol. The van der Waals surface area contributed by atoms with Gasteiger partial charge in [-0.05, 0) is 48.0 Å². The molecule has 0 saturated heterocycles. The predicted molar refractivity (Wildman–Crippen MR) is 110 cm³/mol. The SMILES string of the molecule is O=C(/C=C/c1cccc(Br)c1)Nc1ccccc1NC(=O)c1cccnc1. The first kappa shape index (κ1) is 18.5. The molecular formula is C21H16BrN3O2. The molecule has 0 saturated carbocycles. The zero-order valence-electron chi connectivity index (χ0n) is 14.2. The maximum atomic E-state index is 12.3. The highest BCUT2D eigenvalue weighted by Gasteiger charge is 2.10. The quantitative estimate of drug-likeness (QED) is 0.583. The van der Waals surface area contributed by atoms with Gasteiger partial charge in [-0.25, -0.2) is 0 Å². The van der Waals surface area contributed by atoms with Gasteiger partial charge in [0, 0.05) is 22.9 Å². The molecule has 0 spiro atoms. The minimum Gasteiger partial charge on any atom is -0.321 e. The van der Waals surface area contributed by atoms with Crippen molar-refractivity contribution in [2.75, 3.05) is 10.6 Å². The van der Waals surface area contributed by atoms with E-state index in [9.17, 15) is 9.59 Å². The van der Waals surface area contributed by atoms with E-state index in [1.54, 1.807) is 48.7 Å². The van der Waals surface area contributed by atoms with Crippen LogP contribution < -0.4 is 10.6 Å².